The van der Waals surface area contributed by atoms with Gasteiger partial charge in [0.05, 0.1) is 24.4 Å². The van der Waals surface area contributed by atoms with Gasteiger partial charge in [0.25, 0.3) is 0 Å². The van der Waals surface area contributed by atoms with Crippen molar-refractivity contribution in [1.82, 2.24) is 4.98 Å². The first kappa shape index (κ1) is 8.66. The molecule has 0 radical (unpaired) electrons. The van der Waals surface area contributed by atoms with E-state index in [0.29, 0.717) is 10.7 Å². The van der Waals surface area contributed by atoms with Crippen molar-refractivity contribution in [3.05, 3.63) is 16.1 Å². The van der Waals surface area contributed by atoms with E-state index in [1.807, 2.05) is 5.51 Å². The third kappa shape index (κ3) is 1.43. The average Bonchev–Trinajstić information content (AvgIpc) is 2.59. The summed E-state index contributed by atoms with van der Waals surface area (Å²) < 4.78 is 5.38. The van der Waals surface area contributed by atoms with Crippen molar-refractivity contribution >= 4 is 27.3 Å². The molecule has 2 unspecified atom stereocenters. The third-order valence-corrected chi connectivity index (χ3v) is 4.10. The van der Waals surface area contributed by atoms with Gasteiger partial charge in [-0.1, -0.05) is 15.9 Å². The van der Waals surface area contributed by atoms with Crippen LogP contribution < -0.4 is 0 Å². The summed E-state index contributed by atoms with van der Waals surface area (Å²) in [5.74, 6) is 0.512. The molecule has 2 nitrogen and oxygen atoms in total. The predicted octanol–water partition coefficient (Wildman–Crippen LogP) is 2.33. The quantitative estimate of drug-likeness (QED) is 0.711. The van der Waals surface area contributed by atoms with Crippen LogP contribution in [0, 0.1) is 6.92 Å². The Labute approximate surface area is 84.1 Å². The number of hydrogen-bond acceptors (Lipinski definition) is 3. The molecular formula is C8H10BrNOS. The van der Waals surface area contributed by atoms with Gasteiger partial charge in [-0.25, -0.2) is 4.98 Å². The summed E-state index contributed by atoms with van der Waals surface area (Å²) in [5.41, 5.74) is 3.06. The van der Waals surface area contributed by atoms with Crippen LogP contribution in [0.25, 0.3) is 0 Å². The van der Waals surface area contributed by atoms with Crippen molar-refractivity contribution in [2.24, 2.45) is 0 Å². The maximum absolute atomic E-state index is 5.38. The molecule has 0 bridgehead atoms. The van der Waals surface area contributed by atoms with Crippen molar-refractivity contribution in [2.75, 3.05) is 13.2 Å². The van der Waals surface area contributed by atoms with Crippen LogP contribution in [0.5, 0.6) is 0 Å². The molecule has 0 spiro atoms. The molecule has 66 valence electrons. The van der Waals surface area contributed by atoms with Gasteiger partial charge in [0.1, 0.15) is 0 Å². The van der Waals surface area contributed by atoms with Gasteiger partial charge in [0, 0.05) is 15.6 Å². The van der Waals surface area contributed by atoms with Crippen LogP contribution in [0.1, 0.15) is 16.5 Å². The van der Waals surface area contributed by atoms with Crippen molar-refractivity contribution in [3.63, 3.8) is 0 Å². The van der Waals surface area contributed by atoms with E-state index < -0.39 is 0 Å². The van der Waals surface area contributed by atoms with Crippen LogP contribution in [0.15, 0.2) is 5.51 Å². The van der Waals surface area contributed by atoms with Crippen molar-refractivity contribution < 1.29 is 4.74 Å². The van der Waals surface area contributed by atoms with Crippen LogP contribution in [-0.2, 0) is 4.74 Å². The number of aryl methyl sites for hydroxylation is 1. The Morgan fingerprint density at radius 2 is 2.50 bits per heavy atom. The summed E-state index contributed by atoms with van der Waals surface area (Å²) in [6.07, 6.45) is 0. The van der Waals surface area contributed by atoms with E-state index in [9.17, 15) is 0 Å². The van der Waals surface area contributed by atoms with Crippen molar-refractivity contribution in [2.45, 2.75) is 17.7 Å². The lowest BCUT2D eigenvalue weighted by Crippen LogP contribution is -2.08. The number of nitrogens with zero attached hydrogens (tertiary/aromatic N) is 1. The number of hydrogen-bond donors (Lipinski definition) is 0. The molecule has 0 saturated carbocycles. The number of halogens is 1. The molecule has 1 saturated heterocycles. The molecule has 1 aliphatic heterocycles. The Morgan fingerprint density at radius 3 is 3.00 bits per heavy atom. The molecule has 2 atom stereocenters. The Kier molecular flexibility index (Phi) is 2.48. The second kappa shape index (κ2) is 3.44. The van der Waals surface area contributed by atoms with Gasteiger partial charge >= 0.3 is 0 Å². The summed E-state index contributed by atoms with van der Waals surface area (Å²) in [4.78, 5) is 6.08. The maximum atomic E-state index is 5.38. The average molecular weight is 248 g/mol. The maximum Gasteiger partial charge on any atom is 0.0797 e. The number of rotatable bonds is 1. The summed E-state index contributed by atoms with van der Waals surface area (Å²) in [7, 11) is 0. The highest BCUT2D eigenvalue weighted by molar-refractivity contribution is 9.09. The topological polar surface area (TPSA) is 22.1 Å². The molecule has 12 heavy (non-hydrogen) atoms. The molecule has 1 aromatic heterocycles. The van der Waals surface area contributed by atoms with Gasteiger partial charge in [-0.05, 0) is 6.92 Å². The largest absolute Gasteiger partial charge is 0.380 e. The van der Waals surface area contributed by atoms with Gasteiger partial charge in [-0.15, -0.1) is 11.3 Å². The zero-order valence-corrected chi connectivity index (χ0v) is 9.19. The summed E-state index contributed by atoms with van der Waals surface area (Å²) >= 11 is 5.34. The van der Waals surface area contributed by atoms with E-state index in [1.165, 1.54) is 4.88 Å². The second-order valence-corrected chi connectivity index (χ2v) is 5.02. The molecule has 2 rings (SSSR count). The Bertz CT molecular complexity index is 276. The minimum atomic E-state index is 0.469. The fourth-order valence-corrected chi connectivity index (χ4v) is 3.17. The molecule has 0 N–H and O–H groups in total. The van der Waals surface area contributed by atoms with Crippen LogP contribution in [0.3, 0.4) is 0 Å². The van der Waals surface area contributed by atoms with E-state index in [1.54, 1.807) is 11.3 Å². The van der Waals surface area contributed by atoms with Crippen LogP contribution in [-0.4, -0.2) is 23.0 Å². The first-order chi connectivity index (χ1) is 5.79. The molecule has 0 amide bonds. The van der Waals surface area contributed by atoms with Crippen LogP contribution >= 0.6 is 27.3 Å². The number of thiazole rings is 1. The molecule has 1 fully saturated rings. The van der Waals surface area contributed by atoms with Gasteiger partial charge in [0.2, 0.25) is 0 Å². The monoisotopic (exact) mass is 247 g/mol. The predicted molar refractivity (Wildman–Crippen MR) is 53.1 cm³/mol. The van der Waals surface area contributed by atoms with Gasteiger partial charge in [-0.2, -0.15) is 0 Å². The Balaban J connectivity index is 2.24. The molecule has 1 aliphatic rings. The molecule has 0 aromatic carbocycles. The standard InChI is InChI=1S/C8H10BrNOS/c1-5-8(12-4-10-5)6-2-11-3-7(6)9/h4,6-7H,2-3H2,1H3. The fourth-order valence-electron chi connectivity index (χ4n) is 1.43. The first-order valence-electron chi connectivity index (χ1n) is 3.91. The number of aromatic nitrogens is 1. The first-order valence-corrected chi connectivity index (χ1v) is 5.70. The number of alkyl halides is 1. The lowest BCUT2D eigenvalue weighted by molar-refractivity contribution is 0.195. The second-order valence-electron chi connectivity index (χ2n) is 2.96. The van der Waals surface area contributed by atoms with E-state index in [-0.39, 0.29) is 0 Å². The van der Waals surface area contributed by atoms with Crippen LogP contribution in [0.4, 0.5) is 0 Å². The summed E-state index contributed by atoms with van der Waals surface area (Å²) in [6.45, 7) is 3.71. The van der Waals surface area contributed by atoms with E-state index in [0.717, 1.165) is 18.9 Å². The Hall–Kier alpha value is 0.0700. The Morgan fingerprint density at radius 1 is 1.67 bits per heavy atom. The van der Waals surface area contributed by atoms with Crippen molar-refractivity contribution in [1.29, 1.82) is 0 Å². The minimum absolute atomic E-state index is 0.469. The fraction of sp³-hybridized carbons (Fsp3) is 0.625. The third-order valence-electron chi connectivity index (χ3n) is 2.13. The molecular weight excluding hydrogens is 238 g/mol. The molecule has 2 heterocycles. The van der Waals surface area contributed by atoms with E-state index >= 15 is 0 Å². The normalized spacial score (nSPS) is 29.5. The van der Waals surface area contributed by atoms with Crippen molar-refractivity contribution in [3.8, 4) is 0 Å². The van der Waals surface area contributed by atoms with Crippen LogP contribution in [0.2, 0.25) is 0 Å². The minimum Gasteiger partial charge on any atom is -0.380 e. The van der Waals surface area contributed by atoms with E-state index in [4.69, 9.17) is 4.74 Å². The molecule has 1 aromatic rings. The van der Waals surface area contributed by atoms with Gasteiger partial charge in [0.15, 0.2) is 0 Å². The zero-order valence-electron chi connectivity index (χ0n) is 6.79. The highest BCUT2D eigenvalue weighted by atomic mass is 79.9. The number of ether oxygens (including phenoxy) is 1. The summed E-state index contributed by atoms with van der Waals surface area (Å²) in [6, 6.07) is 0. The SMILES string of the molecule is Cc1ncsc1C1COCC1Br. The molecule has 4 heteroatoms. The molecule has 0 aliphatic carbocycles. The van der Waals surface area contributed by atoms with Gasteiger partial charge < -0.3 is 4.74 Å². The smallest absolute Gasteiger partial charge is 0.0797 e. The lowest BCUT2D eigenvalue weighted by atomic mass is 10.1. The highest BCUT2D eigenvalue weighted by Crippen LogP contribution is 2.34. The van der Waals surface area contributed by atoms with Gasteiger partial charge in [-0.3, -0.25) is 0 Å². The highest BCUT2D eigenvalue weighted by Gasteiger charge is 2.29. The zero-order chi connectivity index (χ0) is 8.55. The summed E-state index contributed by atoms with van der Waals surface area (Å²) in [5, 5.41) is 0. The van der Waals surface area contributed by atoms with E-state index in [2.05, 4.69) is 27.8 Å². The lowest BCUT2D eigenvalue weighted by Gasteiger charge is -2.09.